The normalized spacial score (nSPS) is 12.3. The second-order valence-corrected chi connectivity index (χ2v) is 8.07. The van der Waals surface area contributed by atoms with Crippen LogP contribution < -0.4 is 10.0 Å². The van der Waals surface area contributed by atoms with E-state index in [0.717, 1.165) is 11.1 Å². The fraction of sp³-hybridized carbons (Fsp3) is 0.353. The van der Waals surface area contributed by atoms with Crippen molar-refractivity contribution >= 4 is 10.0 Å². The van der Waals surface area contributed by atoms with Gasteiger partial charge >= 0.3 is 0 Å². The lowest BCUT2D eigenvalue weighted by Gasteiger charge is -2.21. The van der Waals surface area contributed by atoms with Gasteiger partial charge in [-0.15, -0.1) is 0 Å². The third kappa shape index (κ3) is 5.42. The molecule has 124 valence electrons. The highest BCUT2D eigenvalue weighted by Crippen LogP contribution is 2.17. The van der Waals surface area contributed by atoms with Crippen molar-refractivity contribution < 1.29 is 8.42 Å². The van der Waals surface area contributed by atoms with E-state index in [-0.39, 0.29) is 0 Å². The van der Waals surface area contributed by atoms with Gasteiger partial charge in [-0.2, -0.15) is 0 Å². The van der Waals surface area contributed by atoms with Crippen LogP contribution in [0.5, 0.6) is 0 Å². The summed E-state index contributed by atoms with van der Waals surface area (Å²) in [5, 5.41) is 3.27. The second kappa shape index (κ2) is 7.21. The molecular weight excluding hydrogens is 310 g/mol. The molecule has 0 fully saturated rings. The first kappa shape index (κ1) is 17.6. The minimum Gasteiger partial charge on any atom is -0.309 e. The number of pyridine rings is 1. The minimum atomic E-state index is -3.54. The Labute approximate surface area is 138 Å². The predicted octanol–water partition coefficient (Wildman–Crippen LogP) is 2.45. The summed E-state index contributed by atoms with van der Waals surface area (Å²) in [5.41, 5.74) is 1.34. The van der Waals surface area contributed by atoms with Crippen molar-refractivity contribution in [3.63, 3.8) is 0 Å². The third-order valence-corrected chi connectivity index (χ3v) is 4.96. The van der Waals surface area contributed by atoms with Gasteiger partial charge in [0.15, 0.2) is 0 Å². The number of sulfonamides is 1. The van der Waals surface area contributed by atoms with E-state index in [1.807, 2.05) is 45.0 Å². The molecule has 0 bridgehead atoms. The fourth-order valence-corrected chi connectivity index (χ4v) is 3.87. The van der Waals surface area contributed by atoms with Crippen LogP contribution in [0.25, 0.3) is 0 Å². The molecule has 0 aliphatic rings. The summed E-state index contributed by atoms with van der Waals surface area (Å²) in [4.78, 5) is 4.29. The molecule has 0 saturated heterocycles. The number of nitrogens with one attached hydrogen (secondary N) is 2. The Morgan fingerprint density at radius 1 is 1.00 bits per heavy atom. The van der Waals surface area contributed by atoms with E-state index in [1.165, 1.54) is 0 Å². The molecule has 1 aromatic heterocycles. The highest BCUT2D eigenvalue weighted by Gasteiger charge is 2.23. The molecule has 0 spiro atoms. The maximum Gasteiger partial charge on any atom is 0.241 e. The van der Waals surface area contributed by atoms with Crippen molar-refractivity contribution in [1.82, 2.24) is 15.0 Å². The molecule has 0 radical (unpaired) electrons. The van der Waals surface area contributed by atoms with Crippen LogP contribution in [0.1, 0.15) is 31.9 Å². The van der Waals surface area contributed by atoms with Crippen LogP contribution >= 0.6 is 0 Å². The first-order valence-electron chi connectivity index (χ1n) is 7.49. The van der Waals surface area contributed by atoms with Crippen molar-refractivity contribution in [1.29, 1.82) is 0 Å². The first-order chi connectivity index (χ1) is 10.8. The van der Waals surface area contributed by atoms with Crippen LogP contribution in [-0.2, 0) is 23.1 Å². The molecular formula is C17H23N3O2S. The van der Waals surface area contributed by atoms with Crippen molar-refractivity contribution in [2.75, 3.05) is 0 Å². The Kier molecular flexibility index (Phi) is 5.51. The summed E-state index contributed by atoms with van der Waals surface area (Å²) < 4.78 is 27.8. The largest absolute Gasteiger partial charge is 0.309 e. The third-order valence-electron chi connectivity index (χ3n) is 3.10. The van der Waals surface area contributed by atoms with Crippen LogP contribution in [-0.4, -0.2) is 18.9 Å². The molecule has 0 amide bonds. The average Bonchev–Trinajstić information content (AvgIpc) is 2.46. The van der Waals surface area contributed by atoms with Crippen LogP contribution in [0.15, 0.2) is 53.7 Å². The maximum absolute atomic E-state index is 12.6. The molecule has 1 heterocycles. The molecule has 6 heteroatoms. The lowest BCUT2D eigenvalue weighted by atomic mass is 10.1. The van der Waals surface area contributed by atoms with Crippen molar-refractivity contribution in [2.24, 2.45) is 0 Å². The summed E-state index contributed by atoms with van der Waals surface area (Å²) in [5.74, 6) is 0. The first-order valence-corrected chi connectivity index (χ1v) is 8.98. The van der Waals surface area contributed by atoms with Crippen LogP contribution in [0.3, 0.4) is 0 Å². The van der Waals surface area contributed by atoms with Gasteiger partial charge in [-0.3, -0.25) is 4.98 Å². The van der Waals surface area contributed by atoms with Crippen molar-refractivity contribution in [2.45, 2.75) is 44.3 Å². The van der Waals surface area contributed by atoms with Gasteiger partial charge in [0.05, 0.1) is 4.90 Å². The summed E-state index contributed by atoms with van der Waals surface area (Å²) in [7, 11) is -3.54. The zero-order valence-electron chi connectivity index (χ0n) is 13.7. The van der Waals surface area contributed by atoms with Crippen molar-refractivity contribution in [3.05, 3.63) is 59.9 Å². The monoisotopic (exact) mass is 333 g/mol. The number of benzene rings is 1. The SMILES string of the molecule is CC(C)(C)NS(=O)(=O)c1ccccc1CNCc1ccncc1. The maximum atomic E-state index is 12.6. The van der Waals surface area contributed by atoms with Gasteiger partial charge in [0.2, 0.25) is 10.0 Å². The quantitative estimate of drug-likeness (QED) is 0.852. The highest BCUT2D eigenvalue weighted by molar-refractivity contribution is 7.89. The zero-order chi connectivity index (χ0) is 16.9. The van der Waals surface area contributed by atoms with Crippen LogP contribution in [0, 0.1) is 0 Å². The van der Waals surface area contributed by atoms with Crippen LogP contribution in [0.4, 0.5) is 0 Å². The standard InChI is InChI=1S/C17H23N3O2S/c1-17(2,3)20-23(21,22)16-7-5-4-6-15(16)13-19-12-14-8-10-18-11-9-14/h4-11,19-20H,12-13H2,1-3H3. The molecule has 0 atom stereocenters. The van der Waals surface area contributed by atoms with E-state index >= 15 is 0 Å². The van der Waals surface area contributed by atoms with E-state index in [4.69, 9.17) is 0 Å². The molecule has 0 unspecified atom stereocenters. The van der Waals surface area contributed by atoms with Gasteiger partial charge in [-0.1, -0.05) is 18.2 Å². The minimum absolute atomic E-state index is 0.317. The van der Waals surface area contributed by atoms with Gasteiger partial charge < -0.3 is 5.32 Å². The topological polar surface area (TPSA) is 71.1 Å². The second-order valence-electron chi connectivity index (χ2n) is 6.42. The highest BCUT2D eigenvalue weighted by atomic mass is 32.2. The van der Waals surface area contributed by atoms with E-state index in [9.17, 15) is 8.42 Å². The fourth-order valence-electron chi connectivity index (χ4n) is 2.21. The summed E-state index contributed by atoms with van der Waals surface area (Å²) in [6.45, 7) is 6.62. The summed E-state index contributed by atoms with van der Waals surface area (Å²) in [6.07, 6.45) is 3.48. The average molecular weight is 333 g/mol. The number of aromatic nitrogens is 1. The Hall–Kier alpha value is -1.76. The molecule has 0 aliphatic carbocycles. The van der Waals surface area contributed by atoms with Gasteiger partial charge in [0, 0.05) is 31.0 Å². The Bertz CT molecular complexity index is 738. The zero-order valence-corrected chi connectivity index (χ0v) is 14.5. The number of hydrogen-bond donors (Lipinski definition) is 2. The molecule has 0 saturated carbocycles. The molecule has 1 aromatic carbocycles. The lowest BCUT2D eigenvalue weighted by Crippen LogP contribution is -2.40. The van der Waals surface area contributed by atoms with Crippen LogP contribution in [0.2, 0.25) is 0 Å². The Balaban J connectivity index is 2.11. The Morgan fingerprint density at radius 3 is 2.30 bits per heavy atom. The summed E-state index contributed by atoms with van der Waals surface area (Å²) >= 11 is 0. The van der Waals surface area contributed by atoms with Crippen molar-refractivity contribution in [3.8, 4) is 0 Å². The van der Waals surface area contributed by atoms with Gasteiger partial charge in [-0.25, -0.2) is 13.1 Å². The molecule has 5 nitrogen and oxygen atoms in total. The smallest absolute Gasteiger partial charge is 0.241 e. The molecule has 0 aliphatic heterocycles. The number of hydrogen-bond acceptors (Lipinski definition) is 4. The van der Waals surface area contributed by atoms with Gasteiger partial charge in [0.1, 0.15) is 0 Å². The molecule has 23 heavy (non-hydrogen) atoms. The number of nitrogens with zero attached hydrogens (tertiary/aromatic N) is 1. The number of rotatable bonds is 6. The molecule has 2 N–H and O–H groups in total. The predicted molar refractivity (Wildman–Crippen MR) is 91.3 cm³/mol. The Morgan fingerprint density at radius 2 is 1.65 bits per heavy atom. The lowest BCUT2D eigenvalue weighted by molar-refractivity contribution is 0.490. The van der Waals surface area contributed by atoms with E-state index in [0.29, 0.717) is 18.0 Å². The van der Waals surface area contributed by atoms with E-state index in [2.05, 4.69) is 15.0 Å². The molecule has 2 aromatic rings. The summed E-state index contributed by atoms with van der Waals surface area (Å²) in [6, 6.07) is 10.9. The van der Waals surface area contributed by atoms with Gasteiger partial charge in [0.25, 0.3) is 0 Å². The molecule has 2 rings (SSSR count). The van der Waals surface area contributed by atoms with E-state index < -0.39 is 15.6 Å². The van der Waals surface area contributed by atoms with Gasteiger partial charge in [-0.05, 0) is 50.1 Å². The van der Waals surface area contributed by atoms with E-state index in [1.54, 1.807) is 24.5 Å².